The summed E-state index contributed by atoms with van der Waals surface area (Å²) < 4.78 is 20.4. The van der Waals surface area contributed by atoms with E-state index >= 15 is 0 Å². The fraction of sp³-hybridized carbons (Fsp3) is 0.684. The molecule has 0 saturated carbocycles. The lowest BCUT2D eigenvalue weighted by Crippen LogP contribution is -2.15. The zero-order valence-electron chi connectivity index (χ0n) is 29.3. The number of rotatable bonds is 26. The van der Waals surface area contributed by atoms with Gasteiger partial charge in [-0.3, -0.25) is 0 Å². The van der Waals surface area contributed by atoms with Crippen molar-refractivity contribution in [3.63, 3.8) is 0 Å². The molecule has 0 spiro atoms. The third-order valence-corrected chi connectivity index (χ3v) is 7.17. The van der Waals surface area contributed by atoms with Crippen molar-refractivity contribution in [2.24, 2.45) is 0 Å². The standard InChI is InChI=1S/C26H42O4.C12H20O4/c1-3-5-7-9-11-12-14-18-22-30-26(28)24-20-16-15-19-23(24)25(27)29-21-17-13-10-8-6-4-2;1-3-5-9-15-11(13)7-8-12(14)16-10-6-4-2/h15-16,19-20H,3-14,17-18,21-22H2,1-2H3;7-8H,3-6,9-10H2,1-2H3. The average molecular weight is 647 g/mol. The minimum atomic E-state index is -0.499. The van der Waals surface area contributed by atoms with E-state index < -0.39 is 23.9 Å². The van der Waals surface area contributed by atoms with Gasteiger partial charge in [0.05, 0.1) is 37.6 Å². The van der Waals surface area contributed by atoms with Crippen LogP contribution in [-0.4, -0.2) is 50.3 Å². The average Bonchev–Trinajstić information content (AvgIpc) is 3.06. The van der Waals surface area contributed by atoms with Crippen LogP contribution in [0.25, 0.3) is 0 Å². The van der Waals surface area contributed by atoms with Crippen LogP contribution in [0.2, 0.25) is 0 Å². The van der Waals surface area contributed by atoms with Gasteiger partial charge in [0.15, 0.2) is 0 Å². The number of ether oxygens (including phenoxy) is 4. The summed E-state index contributed by atoms with van der Waals surface area (Å²) in [6.45, 7) is 10.0. The summed E-state index contributed by atoms with van der Waals surface area (Å²) in [7, 11) is 0. The van der Waals surface area contributed by atoms with Crippen molar-refractivity contribution in [2.75, 3.05) is 26.4 Å². The lowest BCUT2D eigenvalue weighted by molar-refractivity contribution is -0.140. The van der Waals surface area contributed by atoms with Crippen molar-refractivity contribution in [1.82, 2.24) is 0 Å². The quantitative estimate of drug-likeness (QED) is 0.0424. The first-order valence-electron chi connectivity index (χ1n) is 17.9. The molecule has 0 aliphatic heterocycles. The van der Waals surface area contributed by atoms with Crippen molar-refractivity contribution in [3.8, 4) is 0 Å². The third kappa shape index (κ3) is 25.1. The Morgan fingerprint density at radius 3 is 1.09 bits per heavy atom. The molecule has 8 nitrogen and oxygen atoms in total. The minimum absolute atomic E-state index is 0.296. The normalized spacial score (nSPS) is 10.6. The van der Waals surface area contributed by atoms with Gasteiger partial charge in [0.25, 0.3) is 0 Å². The van der Waals surface area contributed by atoms with Crippen LogP contribution in [0.4, 0.5) is 0 Å². The lowest BCUT2D eigenvalue weighted by Gasteiger charge is -2.10. The van der Waals surface area contributed by atoms with Crippen LogP contribution in [0.5, 0.6) is 0 Å². The Labute approximate surface area is 279 Å². The summed E-state index contributed by atoms with van der Waals surface area (Å²) in [4.78, 5) is 46.9. The lowest BCUT2D eigenvalue weighted by atomic mass is 10.1. The van der Waals surface area contributed by atoms with E-state index in [0.29, 0.717) is 37.6 Å². The number of carbonyl (C=O) groups excluding carboxylic acids is 4. The molecule has 0 radical (unpaired) electrons. The van der Waals surface area contributed by atoms with Crippen LogP contribution in [0.1, 0.15) is 164 Å². The van der Waals surface area contributed by atoms with E-state index in [-0.39, 0.29) is 0 Å². The van der Waals surface area contributed by atoms with E-state index in [1.54, 1.807) is 24.3 Å². The minimum Gasteiger partial charge on any atom is -0.463 e. The number of unbranched alkanes of at least 4 members (excludes halogenated alkanes) is 14. The molecule has 0 atom stereocenters. The second-order valence-electron chi connectivity index (χ2n) is 11.4. The predicted octanol–water partition coefficient (Wildman–Crippen LogP) is 9.73. The molecule has 0 aliphatic carbocycles. The molecule has 0 aromatic heterocycles. The van der Waals surface area contributed by atoms with Gasteiger partial charge in [-0.15, -0.1) is 0 Å². The number of carbonyl (C=O) groups is 4. The van der Waals surface area contributed by atoms with E-state index in [0.717, 1.165) is 63.5 Å². The molecule has 46 heavy (non-hydrogen) atoms. The summed E-state index contributed by atoms with van der Waals surface area (Å²) in [5, 5.41) is 0. The Bertz CT molecular complexity index is 932. The van der Waals surface area contributed by atoms with E-state index in [9.17, 15) is 19.2 Å². The van der Waals surface area contributed by atoms with Gasteiger partial charge < -0.3 is 18.9 Å². The topological polar surface area (TPSA) is 105 Å². The fourth-order valence-electron chi connectivity index (χ4n) is 4.31. The number of hydrogen-bond acceptors (Lipinski definition) is 8. The molecule has 0 unspecified atom stereocenters. The Balaban J connectivity index is 0.00000107. The molecule has 0 aliphatic rings. The summed E-state index contributed by atoms with van der Waals surface area (Å²) in [5.74, 6) is -1.88. The highest BCUT2D eigenvalue weighted by Gasteiger charge is 2.18. The summed E-state index contributed by atoms with van der Waals surface area (Å²) in [6.07, 6.45) is 22.2. The zero-order valence-corrected chi connectivity index (χ0v) is 29.3. The number of esters is 4. The highest BCUT2D eigenvalue weighted by Crippen LogP contribution is 2.14. The molecule has 8 heteroatoms. The maximum atomic E-state index is 12.4. The molecule has 0 amide bonds. The van der Waals surface area contributed by atoms with Gasteiger partial charge in [-0.25, -0.2) is 19.2 Å². The summed E-state index contributed by atoms with van der Waals surface area (Å²) in [6, 6.07) is 6.77. The molecule has 0 heterocycles. The van der Waals surface area contributed by atoms with Gasteiger partial charge in [0.1, 0.15) is 0 Å². The van der Waals surface area contributed by atoms with Crippen LogP contribution in [-0.2, 0) is 28.5 Å². The molecule has 0 N–H and O–H groups in total. The summed E-state index contributed by atoms with van der Waals surface area (Å²) >= 11 is 0. The highest BCUT2D eigenvalue weighted by atomic mass is 16.5. The maximum Gasteiger partial charge on any atom is 0.339 e. The first-order chi connectivity index (χ1) is 22.4. The molecule has 0 fully saturated rings. The zero-order chi connectivity index (χ0) is 34.1. The second-order valence-corrected chi connectivity index (χ2v) is 11.4. The maximum absolute atomic E-state index is 12.4. The van der Waals surface area contributed by atoms with Crippen molar-refractivity contribution >= 4 is 23.9 Å². The van der Waals surface area contributed by atoms with Gasteiger partial charge in [-0.1, -0.05) is 130 Å². The summed E-state index contributed by atoms with van der Waals surface area (Å²) in [5.41, 5.74) is 0.592. The van der Waals surface area contributed by atoms with E-state index in [1.807, 2.05) is 13.8 Å². The molecule has 1 rings (SSSR count). The van der Waals surface area contributed by atoms with Crippen molar-refractivity contribution in [1.29, 1.82) is 0 Å². The van der Waals surface area contributed by atoms with Crippen LogP contribution >= 0.6 is 0 Å². The van der Waals surface area contributed by atoms with Gasteiger partial charge in [-0.05, 0) is 37.8 Å². The molecule has 0 bridgehead atoms. The monoisotopic (exact) mass is 646 g/mol. The van der Waals surface area contributed by atoms with Crippen LogP contribution in [0, 0.1) is 0 Å². The molecular formula is C38H62O8. The second kappa shape index (κ2) is 31.8. The van der Waals surface area contributed by atoms with Gasteiger partial charge >= 0.3 is 23.9 Å². The van der Waals surface area contributed by atoms with Gasteiger partial charge in [-0.2, -0.15) is 0 Å². The SMILES string of the molecule is CCCCCCCCCCOC(=O)c1ccccc1C(=O)OCCCCCCCC.CCCCOC(=O)C=CC(=O)OCCCC. The molecule has 262 valence electrons. The Kier molecular flexibility index (Phi) is 29.6. The smallest absolute Gasteiger partial charge is 0.339 e. The number of hydrogen-bond donors (Lipinski definition) is 0. The number of benzene rings is 1. The van der Waals surface area contributed by atoms with Crippen LogP contribution < -0.4 is 0 Å². The van der Waals surface area contributed by atoms with Crippen LogP contribution in [0.3, 0.4) is 0 Å². The van der Waals surface area contributed by atoms with E-state index in [2.05, 4.69) is 13.8 Å². The Morgan fingerprint density at radius 1 is 0.435 bits per heavy atom. The van der Waals surface area contributed by atoms with E-state index in [1.165, 1.54) is 64.2 Å². The van der Waals surface area contributed by atoms with Crippen molar-refractivity contribution in [2.45, 2.75) is 143 Å². The Hall–Kier alpha value is -3.16. The fourth-order valence-corrected chi connectivity index (χ4v) is 4.31. The van der Waals surface area contributed by atoms with E-state index in [4.69, 9.17) is 18.9 Å². The van der Waals surface area contributed by atoms with Gasteiger partial charge in [0.2, 0.25) is 0 Å². The van der Waals surface area contributed by atoms with Crippen LogP contribution in [0.15, 0.2) is 36.4 Å². The first-order valence-corrected chi connectivity index (χ1v) is 17.9. The van der Waals surface area contributed by atoms with Crippen molar-refractivity contribution < 1.29 is 38.1 Å². The van der Waals surface area contributed by atoms with Crippen molar-refractivity contribution in [3.05, 3.63) is 47.5 Å². The highest BCUT2D eigenvalue weighted by molar-refractivity contribution is 6.03. The first kappa shape index (κ1) is 42.8. The Morgan fingerprint density at radius 2 is 0.739 bits per heavy atom. The predicted molar refractivity (Wildman–Crippen MR) is 184 cm³/mol. The molecule has 0 saturated heterocycles. The molecular weight excluding hydrogens is 584 g/mol. The molecule has 1 aromatic rings. The van der Waals surface area contributed by atoms with Gasteiger partial charge in [0, 0.05) is 12.2 Å². The third-order valence-electron chi connectivity index (χ3n) is 7.17. The molecule has 1 aromatic carbocycles. The largest absolute Gasteiger partial charge is 0.463 e.